The summed E-state index contributed by atoms with van der Waals surface area (Å²) < 4.78 is 18.7. The molecule has 0 saturated heterocycles. The van der Waals surface area contributed by atoms with Crippen LogP contribution in [0.1, 0.15) is 22.9 Å². The van der Waals surface area contributed by atoms with Gasteiger partial charge in [-0.2, -0.15) is 0 Å². The number of halogens is 1. The first-order chi connectivity index (χ1) is 15.1. The minimum absolute atomic E-state index is 0.138. The third-order valence-electron chi connectivity index (χ3n) is 4.85. The summed E-state index contributed by atoms with van der Waals surface area (Å²) in [5.74, 6) is 0.312. The van der Waals surface area contributed by atoms with Crippen LogP contribution < -0.4 is 10.1 Å². The van der Waals surface area contributed by atoms with Gasteiger partial charge in [-0.15, -0.1) is 11.3 Å². The van der Waals surface area contributed by atoms with Gasteiger partial charge in [0.05, 0.1) is 25.3 Å². The van der Waals surface area contributed by atoms with Gasteiger partial charge in [-0.3, -0.25) is 4.79 Å². The number of amides is 1. The fraction of sp³-hybridized carbons (Fsp3) is 0.120. The monoisotopic (exact) mass is 432 g/mol. The van der Waals surface area contributed by atoms with Crippen molar-refractivity contribution in [1.29, 1.82) is 0 Å². The zero-order valence-electron chi connectivity index (χ0n) is 16.9. The summed E-state index contributed by atoms with van der Waals surface area (Å²) in [6.07, 6.45) is 0.144. The first kappa shape index (κ1) is 20.8. The summed E-state index contributed by atoms with van der Waals surface area (Å²) >= 11 is 1.40. The van der Waals surface area contributed by atoms with Gasteiger partial charge >= 0.3 is 0 Å². The molecule has 4 aromatic rings. The van der Waals surface area contributed by atoms with E-state index < -0.39 is 0 Å². The van der Waals surface area contributed by atoms with Crippen LogP contribution in [0.2, 0.25) is 0 Å². The van der Waals surface area contributed by atoms with E-state index in [0.717, 1.165) is 16.9 Å². The second-order valence-corrected chi connectivity index (χ2v) is 7.87. The van der Waals surface area contributed by atoms with Crippen molar-refractivity contribution in [2.24, 2.45) is 0 Å². The highest BCUT2D eigenvalue weighted by molar-refractivity contribution is 7.13. The minimum Gasteiger partial charge on any atom is -0.497 e. The average molecular weight is 433 g/mol. The summed E-state index contributed by atoms with van der Waals surface area (Å²) in [7, 11) is 1.62. The SMILES string of the molecule is COc1ccc(C(NC(=O)Cc2csc(-c3cccc(F)c3)n2)c2ccccc2)cc1. The van der Waals surface area contributed by atoms with E-state index in [1.807, 2.05) is 60.0 Å². The number of ether oxygens (including phenoxy) is 1. The van der Waals surface area contributed by atoms with Crippen LogP contribution in [0.3, 0.4) is 0 Å². The zero-order chi connectivity index (χ0) is 21.6. The molecular weight excluding hydrogens is 411 g/mol. The molecule has 4 nitrogen and oxygen atoms in total. The maximum Gasteiger partial charge on any atom is 0.226 e. The van der Waals surface area contributed by atoms with Crippen molar-refractivity contribution in [2.45, 2.75) is 12.5 Å². The first-order valence-electron chi connectivity index (χ1n) is 9.81. The molecule has 0 aliphatic carbocycles. The molecule has 3 aromatic carbocycles. The number of benzene rings is 3. The Morgan fingerprint density at radius 2 is 1.77 bits per heavy atom. The van der Waals surface area contributed by atoms with Crippen LogP contribution >= 0.6 is 11.3 Å². The van der Waals surface area contributed by atoms with Crippen molar-refractivity contribution >= 4 is 17.2 Å². The highest BCUT2D eigenvalue weighted by atomic mass is 32.1. The molecule has 0 aliphatic heterocycles. The van der Waals surface area contributed by atoms with Crippen LogP contribution in [-0.2, 0) is 11.2 Å². The Kier molecular flexibility index (Phi) is 6.38. The number of thiazole rings is 1. The number of aromatic nitrogens is 1. The average Bonchev–Trinajstić information content (AvgIpc) is 3.26. The maximum atomic E-state index is 13.5. The van der Waals surface area contributed by atoms with Crippen molar-refractivity contribution in [1.82, 2.24) is 10.3 Å². The fourth-order valence-electron chi connectivity index (χ4n) is 3.32. The van der Waals surface area contributed by atoms with E-state index in [9.17, 15) is 9.18 Å². The van der Waals surface area contributed by atoms with E-state index >= 15 is 0 Å². The predicted octanol–water partition coefficient (Wildman–Crippen LogP) is 5.41. The van der Waals surface area contributed by atoms with E-state index in [4.69, 9.17) is 4.74 Å². The van der Waals surface area contributed by atoms with E-state index in [1.165, 1.54) is 23.5 Å². The number of hydrogen-bond donors (Lipinski definition) is 1. The topological polar surface area (TPSA) is 51.2 Å². The molecule has 1 heterocycles. The molecule has 1 amide bonds. The highest BCUT2D eigenvalue weighted by Gasteiger charge is 2.18. The van der Waals surface area contributed by atoms with Gasteiger partial charge in [-0.1, -0.05) is 54.6 Å². The third kappa shape index (κ3) is 5.16. The van der Waals surface area contributed by atoms with Crippen LogP contribution in [0.25, 0.3) is 10.6 Å². The van der Waals surface area contributed by atoms with Crippen LogP contribution in [0, 0.1) is 5.82 Å². The Labute approximate surface area is 184 Å². The van der Waals surface area contributed by atoms with Crippen LogP contribution in [0.4, 0.5) is 4.39 Å². The molecule has 0 aliphatic rings. The summed E-state index contributed by atoms with van der Waals surface area (Å²) in [6.45, 7) is 0. The van der Waals surface area contributed by atoms with Gasteiger partial charge in [0.1, 0.15) is 16.6 Å². The van der Waals surface area contributed by atoms with Gasteiger partial charge in [0.15, 0.2) is 0 Å². The molecule has 6 heteroatoms. The van der Waals surface area contributed by atoms with Crippen molar-refractivity contribution < 1.29 is 13.9 Å². The van der Waals surface area contributed by atoms with Crippen LogP contribution in [0.5, 0.6) is 5.75 Å². The van der Waals surface area contributed by atoms with Crippen LogP contribution in [0.15, 0.2) is 84.2 Å². The Bertz CT molecular complexity index is 1160. The number of nitrogens with one attached hydrogen (secondary N) is 1. The van der Waals surface area contributed by atoms with E-state index in [0.29, 0.717) is 16.3 Å². The number of rotatable bonds is 7. The Hall–Kier alpha value is -3.51. The Morgan fingerprint density at radius 1 is 1.03 bits per heavy atom. The zero-order valence-corrected chi connectivity index (χ0v) is 17.7. The lowest BCUT2D eigenvalue weighted by Crippen LogP contribution is -2.30. The first-order valence-corrected chi connectivity index (χ1v) is 10.7. The van der Waals surface area contributed by atoms with E-state index in [1.54, 1.807) is 19.2 Å². The quantitative estimate of drug-likeness (QED) is 0.425. The lowest BCUT2D eigenvalue weighted by molar-refractivity contribution is -0.121. The van der Waals surface area contributed by atoms with Gasteiger partial charge in [-0.05, 0) is 35.4 Å². The molecule has 4 rings (SSSR count). The summed E-state index contributed by atoms with van der Waals surface area (Å²) in [5.41, 5.74) is 3.30. The lowest BCUT2D eigenvalue weighted by Gasteiger charge is -2.20. The summed E-state index contributed by atoms with van der Waals surface area (Å²) in [5, 5.41) is 5.65. The number of carbonyl (C=O) groups excluding carboxylic acids is 1. The maximum absolute atomic E-state index is 13.5. The molecule has 0 spiro atoms. The van der Waals surface area contributed by atoms with Crippen molar-refractivity contribution in [3.05, 3.63) is 107 Å². The molecule has 0 fully saturated rings. The Morgan fingerprint density at radius 3 is 2.48 bits per heavy atom. The normalized spacial score (nSPS) is 11.7. The molecule has 156 valence electrons. The largest absolute Gasteiger partial charge is 0.497 e. The van der Waals surface area contributed by atoms with Crippen molar-refractivity contribution in [2.75, 3.05) is 7.11 Å². The van der Waals surface area contributed by atoms with E-state index in [-0.39, 0.29) is 24.2 Å². The molecular formula is C25H21FN2O2S. The second-order valence-electron chi connectivity index (χ2n) is 7.02. The van der Waals surface area contributed by atoms with Gasteiger partial charge in [0, 0.05) is 10.9 Å². The Balaban J connectivity index is 1.51. The minimum atomic E-state index is -0.308. The number of nitrogens with zero attached hydrogens (tertiary/aromatic N) is 1. The van der Waals surface area contributed by atoms with Gasteiger partial charge in [0.25, 0.3) is 0 Å². The fourth-order valence-corrected chi connectivity index (χ4v) is 4.14. The second kappa shape index (κ2) is 9.53. The molecule has 1 aromatic heterocycles. The van der Waals surface area contributed by atoms with Gasteiger partial charge < -0.3 is 10.1 Å². The van der Waals surface area contributed by atoms with Crippen LogP contribution in [-0.4, -0.2) is 18.0 Å². The van der Waals surface area contributed by atoms with Gasteiger partial charge in [0.2, 0.25) is 5.91 Å². The highest BCUT2D eigenvalue weighted by Crippen LogP contribution is 2.26. The summed E-state index contributed by atoms with van der Waals surface area (Å²) in [4.78, 5) is 17.4. The number of carbonyl (C=O) groups is 1. The molecule has 31 heavy (non-hydrogen) atoms. The third-order valence-corrected chi connectivity index (χ3v) is 5.79. The lowest BCUT2D eigenvalue weighted by atomic mass is 9.98. The number of hydrogen-bond acceptors (Lipinski definition) is 4. The molecule has 1 atom stereocenters. The molecule has 1 N–H and O–H groups in total. The smallest absolute Gasteiger partial charge is 0.226 e. The van der Waals surface area contributed by atoms with Gasteiger partial charge in [-0.25, -0.2) is 9.37 Å². The molecule has 0 bridgehead atoms. The van der Waals surface area contributed by atoms with Crippen molar-refractivity contribution in [3.8, 4) is 16.3 Å². The van der Waals surface area contributed by atoms with Crippen molar-refractivity contribution in [3.63, 3.8) is 0 Å². The molecule has 1 unspecified atom stereocenters. The standard InChI is InChI=1S/C25H21FN2O2S/c1-30-22-12-10-18(11-13-22)24(17-6-3-2-4-7-17)28-23(29)15-21-16-31-25(27-21)19-8-5-9-20(26)14-19/h2-14,16,24H,15H2,1H3,(H,28,29). The van der Waals surface area contributed by atoms with E-state index in [2.05, 4.69) is 10.3 Å². The predicted molar refractivity (Wildman–Crippen MR) is 121 cm³/mol. The number of methoxy groups -OCH3 is 1. The molecule has 0 saturated carbocycles. The molecule has 0 radical (unpaired) electrons. The summed E-state index contributed by atoms with van der Waals surface area (Å²) in [6, 6.07) is 23.5.